The summed E-state index contributed by atoms with van der Waals surface area (Å²) >= 11 is 11.8. The van der Waals surface area contributed by atoms with Gasteiger partial charge in [0.15, 0.2) is 0 Å². The van der Waals surface area contributed by atoms with Gasteiger partial charge in [0.2, 0.25) is 0 Å². The first kappa shape index (κ1) is 12.3. The van der Waals surface area contributed by atoms with Gasteiger partial charge >= 0.3 is 0 Å². The van der Waals surface area contributed by atoms with Gasteiger partial charge in [-0.05, 0) is 25.1 Å². The highest BCUT2D eigenvalue weighted by atomic mass is 35.5. The highest BCUT2D eigenvalue weighted by molar-refractivity contribution is 6.35. The molecule has 0 saturated heterocycles. The number of imidazole rings is 1. The average Bonchev–Trinajstić information content (AvgIpc) is 2.68. The number of benzene rings is 1. The fourth-order valence-corrected chi connectivity index (χ4v) is 1.95. The lowest BCUT2D eigenvalue weighted by Gasteiger charge is -2.09. The first-order chi connectivity index (χ1) is 8.16. The first-order valence-electron chi connectivity index (χ1n) is 5.22. The molecule has 90 valence electrons. The van der Waals surface area contributed by atoms with E-state index in [-0.39, 0.29) is 0 Å². The number of rotatable bonds is 4. The van der Waals surface area contributed by atoms with Crippen molar-refractivity contribution in [3.63, 3.8) is 0 Å². The molecule has 0 aliphatic heterocycles. The van der Waals surface area contributed by atoms with Crippen molar-refractivity contribution in [2.45, 2.75) is 13.5 Å². The van der Waals surface area contributed by atoms with E-state index in [0.717, 1.165) is 12.4 Å². The van der Waals surface area contributed by atoms with Crippen LogP contribution in [0.25, 0.3) is 0 Å². The predicted molar refractivity (Wildman–Crippen MR) is 68.9 cm³/mol. The van der Waals surface area contributed by atoms with E-state index < -0.39 is 0 Å². The summed E-state index contributed by atoms with van der Waals surface area (Å²) in [5.74, 6) is 1.62. The summed E-state index contributed by atoms with van der Waals surface area (Å²) in [4.78, 5) is 4.14. The molecular formula is C12H12Cl2N2O. The van der Waals surface area contributed by atoms with E-state index in [0.29, 0.717) is 22.4 Å². The van der Waals surface area contributed by atoms with Crippen LogP contribution in [0.5, 0.6) is 5.75 Å². The summed E-state index contributed by atoms with van der Waals surface area (Å²) < 4.78 is 7.60. The molecule has 17 heavy (non-hydrogen) atoms. The number of hydrogen-bond acceptors (Lipinski definition) is 2. The molecule has 1 aromatic carbocycles. The van der Waals surface area contributed by atoms with Gasteiger partial charge in [0.1, 0.15) is 18.2 Å². The molecule has 0 fully saturated rings. The molecule has 0 amide bonds. The van der Waals surface area contributed by atoms with E-state index >= 15 is 0 Å². The van der Waals surface area contributed by atoms with Gasteiger partial charge in [-0.15, -0.1) is 0 Å². The van der Waals surface area contributed by atoms with Crippen LogP contribution < -0.4 is 4.74 Å². The van der Waals surface area contributed by atoms with E-state index in [1.165, 1.54) is 0 Å². The van der Waals surface area contributed by atoms with Gasteiger partial charge in [-0.3, -0.25) is 0 Å². The predicted octanol–water partition coefficient (Wildman–Crippen LogP) is 3.58. The van der Waals surface area contributed by atoms with Gasteiger partial charge in [0.05, 0.1) is 11.6 Å². The Morgan fingerprint density at radius 2 is 2.18 bits per heavy atom. The summed E-state index contributed by atoms with van der Waals surface area (Å²) in [6.45, 7) is 3.23. The van der Waals surface area contributed by atoms with Crippen LogP contribution in [0.1, 0.15) is 5.82 Å². The summed E-state index contributed by atoms with van der Waals surface area (Å²) in [7, 11) is 0. The SMILES string of the molecule is Cc1nccn1CCOc1ccc(Cl)cc1Cl. The maximum Gasteiger partial charge on any atom is 0.138 e. The maximum absolute atomic E-state index is 5.99. The van der Waals surface area contributed by atoms with Crippen LogP contribution in [0.15, 0.2) is 30.6 Å². The van der Waals surface area contributed by atoms with E-state index in [2.05, 4.69) is 4.98 Å². The van der Waals surface area contributed by atoms with Crippen molar-refractivity contribution in [1.29, 1.82) is 0 Å². The third-order valence-corrected chi connectivity index (χ3v) is 2.94. The van der Waals surface area contributed by atoms with Crippen LogP contribution in [-0.4, -0.2) is 16.2 Å². The van der Waals surface area contributed by atoms with Crippen molar-refractivity contribution >= 4 is 23.2 Å². The normalized spacial score (nSPS) is 10.5. The van der Waals surface area contributed by atoms with E-state index in [1.54, 1.807) is 24.4 Å². The second-order valence-corrected chi connectivity index (χ2v) is 4.43. The summed E-state index contributed by atoms with van der Waals surface area (Å²) in [6.07, 6.45) is 3.69. The van der Waals surface area contributed by atoms with Gasteiger partial charge in [-0.2, -0.15) is 0 Å². The molecular weight excluding hydrogens is 259 g/mol. The summed E-state index contributed by atoms with van der Waals surface area (Å²) in [5.41, 5.74) is 0. The fraction of sp³-hybridized carbons (Fsp3) is 0.250. The lowest BCUT2D eigenvalue weighted by Crippen LogP contribution is -2.08. The number of nitrogens with zero attached hydrogens (tertiary/aromatic N) is 2. The second kappa shape index (κ2) is 5.43. The lowest BCUT2D eigenvalue weighted by molar-refractivity contribution is 0.297. The Morgan fingerprint density at radius 3 is 2.82 bits per heavy atom. The van der Waals surface area contributed by atoms with Crippen molar-refractivity contribution < 1.29 is 4.74 Å². The molecule has 3 nitrogen and oxygen atoms in total. The Labute approximate surface area is 110 Å². The number of ether oxygens (including phenoxy) is 1. The van der Waals surface area contributed by atoms with E-state index in [1.807, 2.05) is 17.7 Å². The molecule has 0 N–H and O–H groups in total. The third-order valence-electron chi connectivity index (χ3n) is 2.41. The molecule has 1 heterocycles. The first-order valence-corrected chi connectivity index (χ1v) is 5.98. The summed E-state index contributed by atoms with van der Waals surface area (Å²) in [6, 6.07) is 5.19. The molecule has 2 aromatic rings. The van der Waals surface area contributed by atoms with Crippen LogP contribution >= 0.6 is 23.2 Å². The van der Waals surface area contributed by atoms with Crippen LogP contribution in [0.4, 0.5) is 0 Å². The zero-order chi connectivity index (χ0) is 12.3. The van der Waals surface area contributed by atoms with Gasteiger partial charge in [-0.25, -0.2) is 4.98 Å². The van der Waals surface area contributed by atoms with Gasteiger partial charge < -0.3 is 9.30 Å². The van der Waals surface area contributed by atoms with Gasteiger partial charge in [0.25, 0.3) is 0 Å². The number of hydrogen-bond donors (Lipinski definition) is 0. The molecule has 0 radical (unpaired) electrons. The van der Waals surface area contributed by atoms with Crippen LogP contribution in [0.2, 0.25) is 10.0 Å². The van der Waals surface area contributed by atoms with Gasteiger partial charge in [-0.1, -0.05) is 23.2 Å². The Balaban J connectivity index is 1.92. The summed E-state index contributed by atoms with van der Waals surface area (Å²) in [5, 5.41) is 1.13. The zero-order valence-electron chi connectivity index (χ0n) is 9.36. The van der Waals surface area contributed by atoms with Crippen molar-refractivity contribution in [3.05, 3.63) is 46.5 Å². The Bertz CT molecular complexity index is 511. The number of halogens is 2. The molecule has 1 aromatic heterocycles. The molecule has 2 rings (SSSR count). The molecule has 0 atom stereocenters. The average molecular weight is 271 g/mol. The van der Waals surface area contributed by atoms with Crippen LogP contribution in [0, 0.1) is 6.92 Å². The van der Waals surface area contributed by atoms with Gasteiger partial charge in [0, 0.05) is 17.4 Å². The fourth-order valence-electron chi connectivity index (χ4n) is 1.49. The standard InChI is InChI=1S/C12H12Cl2N2O/c1-9-15-4-5-16(9)6-7-17-12-3-2-10(13)8-11(12)14/h2-5,8H,6-7H2,1H3. The Hall–Kier alpha value is -1.19. The molecule has 0 unspecified atom stereocenters. The molecule has 0 bridgehead atoms. The second-order valence-electron chi connectivity index (χ2n) is 3.59. The van der Waals surface area contributed by atoms with Crippen molar-refractivity contribution in [2.75, 3.05) is 6.61 Å². The van der Waals surface area contributed by atoms with Crippen molar-refractivity contribution in [3.8, 4) is 5.75 Å². The third kappa shape index (κ3) is 3.14. The molecule has 0 spiro atoms. The minimum atomic E-state index is 0.528. The quantitative estimate of drug-likeness (QED) is 0.849. The highest BCUT2D eigenvalue weighted by Crippen LogP contribution is 2.27. The minimum absolute atomic E-state index is 0.528. The topological polar surface area (TPSA) is 27.1 Å². The van der Waals surface area contributed by atoms with Crippen molar-refractivity contribution in [1.82, 2.24) is 9.55 Å². The van der Waals surface area contributed by atoms with Crippen molar-refractivity contribution in [2.24, 2.45) is 0 Å². The maximum atomic E-state index is 5.99. The number of aromatic nitrogens is 2. The monoisotopic (exact) mass is 270 g/mol. The minimum Gasteiger partial charge on any atom is -0.490 e. The Kier molecular flexibility index (Phi) is 3.92. The zero-order valence-corrected chi connectivity index (χ0v) is 10.9. The van der Waals surface area contributed by atoms with E-state index in [9.17, 15) is 0 Å². The molecule has 5 heteroatoms. The molecule has 0 aliphatic rings. The smallest absolute Gasteiger partial charge is 0.138 e. The highest BCUT2D eigenvalue weighted by Gasteiger charge is 2.02. The van der Waals surface area contributed by atoms with Crippen LogP contribution in [-0.2, 0) is 6.54 Å². The van der Waals surface area contributed by atoms with Crippen LogP contribution in [0.3, 0.4) is 0 Å². The largest absolute Gasteiger partial charge is 0.490 e. The molecule has 0 saturated carbocycles. The number of aryl methyl sites for hydroxylation is 1. The van der Waals surface area contributed by atoms with E-state index in [4.69, 9.17) is 27.9 Å². The lowest BCUT2D eigenvalue weighted by atomic mass is 10.3. The Morgan fingerprint density at radius 1 is 1.35 bits per heavy atom. The molecule has 0 aliphatic carbocycles.